The summed E-state index contributed by atoms with van der Waals surface area (Å²) in [4.78, 5) is 4.97. The summed E-state index contributed by atoms with van der Waals surface area (Å²) in [6.07, 6.45) is 0. The molecule has 0 aliphatic carbocycles. The van der Waals surface area contributed by atoms with Gasteiger partial charge >= 0.3 is 0 Å². The maximum absolute atomic E-state index is 7.26. The van der Waals surface area contributed by atoms with Gasteiger partial charge in [0.2, 0.25) is 0 Å². The van der Waals surface area contributed by atoms with Crippen LogP contribution >= 0.6 is 22.7 Å². The number of thiophene rings is 2. The Balaban J connectivity index is 0.926. The Kier molecular flexibility index (Phi) is 10.4. The molecule has 0 radical (unpaired) electrons. The van der Waals surface area contributed by atoms with Gasteiger partial charge in [-0.25, -0.2) is 0 Å². The van der Waals surface area contributed by atoms with Gasteiger partial charge in [0.25, 0.3) is 0 Å². The average molecular weight is 1100 g/mol. The van der Waals surface area contributed by atoms with Crippen molar-refractivity contribution in [3.8, 4) is 0 Å². The fourth-order valence-electron chi connectivity index (χ4n) is 13.2. The Labute approximate surface area is 485 Å². The molecule has 16 rings (SSSR count). The number of fused-ring (bicyclic) bond motifs is 17. The van der Waals surface area contributed by atoms with E-state index in [0.29, 0.717) is 0 Å². The molecule has 0 N–H and O–H groups in total. The molecule has 0 atom stereocenters. The lowest BCUT2D eigenvalue weighted by Crippen LogP contribution is -2.13. The number of hydrogen-bond acceptors (Lipinski definition) is 5. The molecular weight excluding hydrogens is 1030 g/mol. The number of anilines is 6. The Morgan fingerprint density at radius 1 is 0.354 bits per heavy atom. The topological polar surface area (TPSA) is 24.0 Å². The van der Waals surface area contributed by atoms with Gasteiger partial charge < -0.3 is 18.6 Å². The first-order valence-corrected chi connectivity index (χ1v) is 30.4. The van der Waals surface area contributed by atoms with Gasteiger partial charge in [-0.15, -0.1) is 22.7 Å². The zero-order valence-corrected chi connectivity index (χ0v) is 49.3. The van der Waals surface area contributed by atoms with Crippen molar-refractivity contribution in [2.75, 3.05) is 9.80 Å². The standard InChI is InChI=1S/C76H61N3OS2/c1-74(2,3)45-25-30-48(31-26-45)77(63-20-14-18-56-52-16-10-12-22-67(52)81-72(56)63)50-34-36-51-55-35-24-44-40-59-54-37-39-62(69-60-41-47(76(7,8)9)29-38-61(60)79(70(54)69)65(59)43-58(44)71(55)80-66(51)42-50)78(49-32-27-46(28-33-49)75(4,5)6)64-21-15-19-57-53-17-11-13-23-68(53)82-73(57)64/h10-43H,1-9H3. The molecule has 16 aromatic rings. The lowest BCUT2D eigenvalue weighted by atomic mass is 9.86. The van der Waals surface area contributed by atoms with E-state index < -0.39 is 0 Å². The molecular formula is C76H61N3OS2. The van der Waals surface area contributed by atoms with Gasteiger partial charge in [0.15, 0.2) is 0 Å². The second kappa shape index (κ2) is 17.4. The van der Waals surface area contributed by atoms with Crippen LogP contribution in [0.1, 0.15) is 79.0 Å². The van der Waals surface area contributed by atoms with E-state index in [1.165, 1.54) is 101 Å². The first kappa shape index (κ1) is 49.2. The van der Waals surface area contributed by atoms with Crippen molar-refractivity contribution in [3.05, 3.63) is 223 Å². The molecule has 0 spiro atoms. The number of hydrogen-bond donors (Lipinski definition) is 0. The van der Waals surface area contributed by atoms with E-state index in [2.05, 4.69) is 283 Å². The van der Waals surface area contributed by atoms with Crippen LogP contribution in [0.15, 0.2) is 211 Å². The van der Waals surface area contributed by atoms with E-state index in [0.717, 1.165) is 61.1 Å². The number of furan rings is 1. The molecule has 398 valence electrons. The molecule has 4 nitrogen and oxygen atoms in total. The van der Waals surface area contributed by atoms with Crippen LogP contribution in [0.3, 0.4) is 0 Å². The van der Waals surface area contributed by atoms with Crippen LogP contribution in [0, 0.1) is 0 Å². The molecule has 5 aromatic heterocycles. The molecule has 82 heavy (non-hydrogen) atoms. The SMILES string of the molecule is CC(C)(C)c1ccc(N(c2ccc3c(c2)oc2c4cc5c(cc4ccc32)c2ccc(N(c3ccc(C(C)(C)C)cc3)c3cccc4c3sc3ccccc34)c3c4cc(C(C)(C)C)ccc4n5c23)c2cccc3c2sc2ccccc23)cc1. The maximum atomic E-state index is 7.26. The third kappa shape index (κ3) is 7.33. The highest BCUT2D eigenvalue weighted by Gasteiger charge is 2.29. The molecule has 0 fully saturated rings. The van der Waals surface area contributed by atoms with Gasteiger partial charge in [0.05, 0.1) is 43.0 Å². The minimum Gasteiger partial charge on any atom is -0.455 e. The summed E-state index contributed by atoms with van der Waals surface area (Å²) in [7, 11) is 0. The number of nitrogens with zero attached hydrogens (tertiary/aromatic N) is 3. The molecule has 0 unspecified atom stereocenters. The highest BCUT2D eigenvalue weighted by Crippen LogP contribution is 2.53. The Bertz CT molecular complexity index is 5280. The van der Waals surface area contributed by atoms with Gasteiger partial charge in [0.1, 0.15) is 11.2 Å². The summed E-state index contributed by atoms with van der Waals surface area (Å²) >= 11 is 3.75. The molecule has 0 bridgehead atoms. The van der Waals surface area contributed by atoms with E-state index in [9.17, 15) is 0 Å². The number of rotatable bonds is 6. The summed E-state index contributed by atoms with van der Waals surface area (Å²) < 4.78 is 14.9. The summed E-state index contributed by atoms with van der Waals surface area (Å²) in [5.41, 5.74) is 16.1. The van der Waals surface area contributed by atoms with E-state index >= 15 is 0 Å². The van der Waals surface area contributed by atoms with Crippen molar-refractivity contribution in [2.45, 2.75) is 78.6 Å². The maximum Gasteiger partial charge on any atom is 0.143 e. The zero-order chi connectivity index (χ0) is 55.7. The fourth-order valence-corrected chi connectivity index (χ4v) is 15.7. The van der Waals surface area contributed by atoms with Crippen LogP contribution in [-0.2, 0) is 16.2 Å². The van der Waals surface area contributed by atoms with Gasteiger partial charge in [-0.2, -0.15) is 0 Å². The molecule has 0 aliphatic heterocycles. The molecule has 5 heterocycles. The predicted octanol–water partition coefficient (Wildman–Crippen LogP) is 23.5. The summed E-state index contributed by atoms with van der Waals surface area (Å²) in [5.74, 6) is 0. The summed E-state index contributed by atoms with van der Waals surface area (Å²) in [5, 5.41) is 14.6. The van der Waals surface area contributed by atoms with Gasteiger partial charge in [-0.1, -0.05) is 165 Å². The Morgan fingerprint density at radius 3 is 1.51 bits per heavy atom. The van der Waals surface area contributed by atoms with Crippen molar-refractivity contribution in [3.63, 3.8) is 0 Å². The van der Waals surface area contributed by atoms with E-state index in [1.807, 2.05) is 22.7 Å². The van der Waals surface area contributed by atoms with Crippen LogP contribution < -0.4 is 9.80 Å². The molecule has 6 heteroatoms. The van der Waals surface area contributed by atoms with Crippen molar-refractivity contribution >= 4 is 168 Å². The minimum absolute atomic E-state index is 0.0159. The highest BCUT2D eigenvalue weighted by molar-refractivity contribution is 7.26. The molecule has 0 saturated carbocycles. The average Bonchev–Trinajstić information content (AvgIpc) is 1.81. The minimum atomic E-state index is -0.0591. The van der Waals surface area contributed by atoms with Crippen molar-refractivity contribution in [1.82, 2.24) is 4.40 Å². The monoisotopic (exact) mass is 1100 g/mol. The molecule has 0 saturated heterocycles. The zero-order valence-electron chi connectivity index (χ0n) is 47.7. The smallest absolute Gasteiger partial charge is 0.143 e. The lowest BCUT2D eigenvalue weighted by molar-refractivity contribution is 0.590. The quantitative estimate of drug-likeness (QED) is 0.166. The number of aromatic nitrogens is 1. The van der Waals surface area contributed by atoms with Gasteiger partial charge in [-0.3, -0.25) is 0 Å². The highest BCUT2D eigenvalue weighted by atomic mass is 32.1. The van der Waals surface area contributed by atoms with Crippen LogP contribution in [0.25, 0.3) is 111 Å². The first-order chi connectivity index (χ1) is 39.5. The second-order valence-corrected chi connectivity index (χ2v) is 27.9. The molecule has 0 amide bonds. The normalized spacial score (nSPS) is 12.9. The van der Waals surface area contributed by atoms with Crippen LogP contribution in [-0.4, -0.2) is 4.40 Å². The van der Waals surface area contributed by atoms with Crippen LogP contribution in [0.4, 0.5) is 34.1 Å². The fraction of sp³-hybridized carbons (Fsp3) is 0.158. The largest absolute Gasteiger partial charge is 0.455 e. The van der Waals surface area contributed by atoms with Crippen molar-refractivity contribution in [2.24, 2.45) is 0 Å². The van der Waals surface area contributed by atoms with E-state index in [1.54, 1.807) is 0 Å². The van der Waals surface area contributed by atoms with Gasteiger partial charge in [-0.05, 0) is 135 Å². The van der Waals surface area contributed by atoms with Crippen molar-refractivity contribution in [1.29, 1.82) is 0 Å². The third-order valence-electron chi connectivity index (χ3n) is 17.6. The van der Waals surface area contributed by atoms with Crippen LogP contribution in [0.5, 0.6) is 0 Å². The summed E-state index contributed by atoms with van der Waals surface area (Å²) in [6.45, 7) is 20.7. The summed E-state index contributed by atoms with van der Waals surface area (Å²) in [6, 6.07) is 77.9. The first-order valence-electron chi connectivity index (χ1n) is 28.7. The Morgan fingerprint density at radius 2 is 0.890 bits per heavy atom. The second-order valence-electron chi connectivity index (χ2n) is 25.8. The predicted molar refractivity (Wildman–Crippen MR) is 357 cm³/mol. The van der Waals surface area contributed by atoms with E-state index in [4.69, 9.17) is 4.42 Å². The number of benzene rings is 11. The lowest BCUT2D eigenvalue weighted by Gasteiger charge is -2.28. The van der Waals surface area contributed by atoms with Crippen LogP contribution in [0.2, 0.25) is 0 Å². The molecule has 11 aromatic carbocycles. The van der Waals surface area contributed by atoms with Gasteiger partial charge in [0, 0.05) is 91.8 Å². The Hall–Kier alpha value is -8.68. The van der Waals surface area contributed by atoms with E-state index in [-0.39, 0.29) is 16.2 Å². The third-order valence-corrected chi connectivity index (χ3v) is 20.0. The van der Waals surface area contributed by atoms with Crippen molar-refractivity contribution < 1.29 is 4.42 Å². The molecule has 0 aliphatic rings.